The van der Waals surface area contributed by atoms with Gasteiger partial charge in [0.05, 0.1) is 12.4 Å². The fraction of sp³-hybridized carbons (Fsp3) is 0.583. The average Bonchev–Trinajstić information content (AvgIpc) is 2.70. The molecule has 0 amide bonds. The van der Waals surface area contributed by atoms with Crippen molar-refractivity contribution in [1.29, 1.82) is 0 Å². The first-order valence-electron chi connectivity index (χ1n) is 10.7. The lowest BCUT2D eigenvalue weighted by atomic mass is 9.81. The van der Waals surface area contributed by atoms with Crippen LogP contribution < -0.4 is 4.74 Å². The van der Waals surface area contributed by atoms with Crippen LogP contribution in [0.5, 0.6) is 5.75 Å². The van der Waals surface area contributed by atoms with E-state index in [-0.39, 0.29) is 16.9 Å². The molecule has 0 atom stereocenters. The SMILES string of the molecule is CCCCOc1ccc(C(C)(C)C/C=C(Cl)\C(CCCS(=O)(=O)CC)=C(/C)Cl)cc1. The van der Waals surface area contributed by atoms with E-state index >= 15 is 0 Å². The Bertz CT molecular complexity index is 819. The molecule has 0 aliphatic carbocycles. The molecule has 1 aromatic carbocycles. The minimum Gasteiger partial charge on any atom is -0.494 e. The van der Waals surface area contributed by atoms with Gasteiger partial charge in [-0.25, -0.2) is 8.42 Å². The van der Waals surface area contributed by atoms with Gasteiger partial charge >= 0.3 is 0 Å². The van der Waals surface area contributed by atoms with E-state index in [4.69, 9.17) is 27.9 Å². The van der Waals surface area contributed by atoms with Crippen LogP contribution in [0, 0.1) is 0 Å². The Hall–Kier alpha value is -0.970. The van der Waals surface area contributed by atoms with Crippen molar-refractivity contribution in [2.24, 2.45) is 0 Å². The third-order valence-corrected chi connectivity index (χ3v) is 7.62. The molecule has 0 radical (unpaired) electrons. The number of sulfone groups is 1. The molecule has 0 unspecified atom stereocenters. The van der Waals surface area contributed by atoms with E-state index in [1.165, 1.54) is 5.56 Å². The summed E-state index contributed by atoms with van der Waals surface area (Å²) >= 11 is 12.8. The molecule has 6 heteroatoms. The van der Waals surface area contributed by atoms with E-state index in [9.17, 15) is 8.42 Å². The van der Waals surface area contributed by atoms with Gasteiger partial charge in [0, 0.05) is 15.8 Å². The molecule has 1 aromatic rings. The van der Waals surface area contributed by atoms with Crippen LogP contribution in [-0.2, 0) is 15.3 Å². The molecule has 0 aromatic heterocycles. The average molecular weight is 476 g/mol. The van der Waals surface area contributed by atoms with E-state index in [0.717, 1.165) is 37.2 Å². The molecule has 1 rings (SSSR count). The van der Waals surface area contributed by atoms with Crippen molar-refractivity contribution < 1.29 is 13.2 Å². The number of unbranched alkanes of at least 4 members (excludes halogenated alkanes) is 1. The maximum Gasteiger partial charge on any atom is 0.150 e. The number of hydrogen-bond donors (Lipinski definition) is 0. The van der Waals surface area contributed by atoms with E-state index in [1.54, 1.807) is 13.8 Å². The Morgan fingerprint density at radius 2 is 1.73 bits per heavy atom. The molecular weight excluding hydrogens is 439 g/mol. The standard InChI is InChI=1S/C24H36Cl2O3S/c1-6-8-17-29-21-13-11-20(12-14-21)24(4,5)16-15-23(26)22(19(3)25)10-9-18-30(27,28)7-2/h11-15H,6-10,16-18H2,1-5H3/b22-19+,23-15+. The lowest BCUT2D eigenvalue weighted by Gasteiger charge is -2.24. The van der Waals surface area contributed by atoms with Gasteiger partial charge in [0.15, 0.2) is 0 Å². The Labute approximate surface area is 193 Å². The predicted octanol–water partition coefficient (Wildman–Crippen LogP) is 7.38. The second-order valence-electron chi connectivity index (χ2n) is 8.22. The van der Waals surface area contributed by atoms with E-state index in [0.29, 0.717) is 22.9 Å². The number of hydrogen-bond acceptors (Lipinski definition) is 3. The summed E-state index contributed by atoms with van der Waals surface area (Å²) in [6.45, 7) is 10.7. The highest BCUT2D eigenvalue weighted by atomic mass is 35.5. The van der Waals surface area contributed by atoms with Gasteiger partial charge in [0.2, 0.25) is 0 Å². The number of halogens is 2. The summed E-state index contributed by atoms with van der Waals surface area (Å²) in [5.74, 6) is 1.20. The summed E-state index contributed by atoms with van der Waals surface area (Å²) in [5.41, 5.74) is 1.91. The molecule has 0 aliphatic rings. The highest BCUT2D eigenvalue weighted by molar-refractivity contribution is 7.91. The van der Waals surface area contributed by atoms with Crippen molar-refractivity contribution in [2.45, 2.75) is 72.1 Å². The fourth-order valence-corrected chi connectivity index (χ4v) is 4.42. The third-order valence-electron chi connectivity index (χ3n) is 5.22. The van der Waals surface area contributed by atoms with Gasteiger partial charge in [-0.3, -0.25) is 0 Å². The van der Waals surface area contributed by atoms with Crippen LogP contribution in [0.2, 0.25) is 0 Å². The molecule has 170 valence electrons. The van der Waals surface area contributed by atoms with Gasteiger partial charge in [0.25, 0.3) is 0 Å². The zero-order valence-electron chi connectivity index (χ0n) is 18.9. The van der Waals surface area contributed by atoms with E-state index < -0.39 is 9.84 Å². The largest absolute Gasteiger partial charge is 0.494 e. The Morgan fingerprint density at radius 1 is 1.10 bits per heavy atom. The second kappa shape index (κ2) is 12.8. The molecule has 0 aliphatic heterocycles. The van der Waals surface area contributed by atoms with E-state index in [2.05, 4.69) is 32.9 Å². The van der Waals surface area contributed by atoms with Gasteiger partial charge in [-0.1, -0.05) is 75.5 Å². The quantitative estimate of drug-likeness (QED) is 0.221. The zero-order valence-corrected chi connectivity index (χ0v) is 21.3. The molecule has 0 fully saturated rings. The van der Waals surface area contributed by atoms with Crippen LogP contribution in [0.3, 0.4) is 0 Å². The zero-order chi connectivity index (χ0) is 22.8. The first-order chi connectivity index (χ1) is 14.0. The third kappa shape index (κ3) is 9.45. The van der Waals surface area contributed by atoms with Crippen molar-refractivity contribution >= 4 is 33.0 Å². The Balaban J connectivity index is 2.79. The van der Waals surface area contributed by atoms with Gasteiger partial charge in [-0.05, 0) is 61.3 Å². The molecule has 0 N–H and O–H groups in total. The van der Waals surface area contributed by atoms with Crippen LogP contribution in [0.4, 0.5) is 0 Å². The topological polar surface area (TPSA) is 43.4 Å². The number of allylic oxidation sites excluding steroid dienone is 4. The highest BCUT2D eigenvalue weighted by Gasteiger charge is 2.20. The van der Waals surface area contributed by atoms with Crippen molar-refractivity contribution in [2.75, 3.05) is 18.1 Å². The van der Waals surface area contributed by atoms with Crippen molar-refractivity contribution in [3.8, 4) is 5.75 Å². The van der Waals surface area contributed by atoms with Crippen molar-refractivity contribution in [1.82, 2.24) is 0 Å². The first-order valence-corrected chi connectivity index (χ1v) is 13.2. The summed E-state index contributed by atoms with van der Waals surface area (Å²) in [7, 11) is -2.99. The van der Waals surface area contributed by atoms with Gasteiger partial charge in [-0.2, -0.15) is 0 Å². The number of benzene rings is 1. The molecule has 30 heavy (non-hydrogen) atoms. The van der Waals surface area contributed by atoms with Crippen molar-refractivity contribution in [3.63, 3.8) is 0 Å². The van der Waals surface area contributed by atoms with Gasteiger partial charge in [0.1, 0.15) is 15.6 Å². The van der Waals surface area contributed by atoms with Crippen LogP contribution in [0.15, 0.2) is 46.0 Å². The predicted molar refractivity (Wildman–Crippen MR) is 131 cm³/mol. The minimum absolute atomic E-state index is 0.112. The summed E-state index contributed by atoms with van der Waals surface area (Å²) in [5, 5.41) is 1.21. The maximum absolute atomic E-state index is 11.7. The van der Waals surface area contributed by atoms with Gasteiger partial charge in [-0.15, -0.1) is 0 Å². The summed E-state index contributed by atoms with van der Waals surface area (Å²) < 4.78 is 29.2. The van der Waals surface area contributed by atoms with Crippen LogP contribution >= 0.6 is 23.2 Å². The fourth-order valence-electron chi connectivity index (χ4n) is 2.99. The van der Waals surface area contributed by atoms with E-state index in [1.807, 2.05) is 18.2 Å². The number of rotatable bonds is 13. The molecule has 0 spiro atoms. The number of ether oxygens (including phenoxy) is 1. The smallest absolute Gasteiger partial charge is 0.150 e. The summed E-state index contributed by atoms with van der Waals surface area (Å²) in [4.78, 5) is 0. The lowest BCUT2D eigenvalue weighted by molar-refractivity contribution is 0.309. The molecule has 0 bridgehead atoms. The monoisotopic (exact) mass is 474 g/mol. The Kier molecular flexibility index (Phi) is 11.5. The summed E-state index contributed by atoms with van der Waals surface area (Å²) in [6, 6.07) is 8.23. The van der Waals surface area contributed by atoms with Crippen LogP contribution in [-0.4, -0.2) is 26.5 Å². The second-order valence-corrected chi connectivity index (χ2v) is 11.7. The van der Waals surface area contributed by atoms with Crippen LogP contribution in [0.25, 0.3) is 0 Å². The molecular formula is C24H36Cl2O3S. The Morgan fingerprint density at radius 3 is 2.27 bits per heavy atom. The van der Waals surface area contributed by atoms with Crippen molar-refractivity contribution in [3.05, 3.63) is 51.5 Å². The van der Waals surface area contributed by atoms with Crippen LogP contribution in [0.1, 0.15) is 72.3 Å². The maximum atomic E-state index is 11.7. The van der Waals surface area contributed by atoms with Gasteiger partial charge < -0.3 is 4.74 Å². The molecule has 0 saturated carbocycles. The minimum atomic E-state index is -2.99. The lowest BCUT2D eigenvalue weighted by Crippen LogP contribution is -2.16. The molecule has 3 nitrogen and oxygen atoms in total. The normalized spacial score (nSPS) is 13.9. The highest BCUT2D eigenvalue weighted by Crippen LogP contribution is 2.32. The summed E-state index contributed by atoms with van der Waals surface area (Å²) in [6.07, 6.45) is 5.96. The molecule has 0 saturated heterocycles. The molecule has 0 heterocycles. The first kappa shape index (κ1) is 27.1.